The number of piperidine rings is 1. The van der Waals surface area contributed by atoms with Crippen molar-refractivity contribution in [3.8, 4) is 0 Å². The van der Waals surface area contributed by atoms with Crippen molar-refractivity contribution in [1.29, 1.82) is 0 Å². The van der Waals surface area contributed by atoms with E-state index in [2.05, 4.69) is 17.3 Å². The van der Waals surface area contributed by atoms with Crippen molar-refractivity contribution in [2.45, 2.75) is 39.7 Å². The molecule has 1 aliphatic rings. The zero-order chi connectivity index (χ0) is 11.5. The third-order valence-corrected chi connectivity index (χ3v) is 3.83. The highest BCUT2D eigenvalue weighted by Gasteiger charge is 2.19. The number of aromatic nitrogens is 2. The molecule has 4 heteroatoms. The Balaban J connectivity index is 2.12. The quantitative estimate of drug-likeness (QED) is 0.881. The molecule has 0 bridgehead atoms. The fraction of sp³-hybridized carbons (Fsp3) is 0.750. The van der Waals surface area contributed by atoms with Crippen LogP contribution in [0.4, 0.5) is 0 Å². The Morgan fingerprint density at radius 1 is 1.56 bits per heavy atom. The summed E-state index contributed by atoms with van der Waals surface area (Å²) in [5.74, 6) is 0.715. The summed E-state index contributed by atoms with van der Waals surface area (Å²) in [7, 11) is 0. The van der Waals surface area contributed by atoms with Crippen molar-refractivity contribution in [2.75, 3.05) is 13.1 Å². The van der Waals surface area contributed by atoms with Crippen LogP contribution in [-0.4, -0.2) is 22.9 Å². The van der Waals surface area contributed by atoms with Gasteiger partial charge in [0.15, 0.2) is 0 Å². The van der Waals surface area contributed by atoms with Gasteiger partial charge in [0.25, 0.3) is 0 Å². The molecule has 0 aromatic carbocycles. The van der Waals surface area contributed by atoms with Crippen molar-refractivity contribution in [2.24, 2.45) is 5.92 Å². The number of aryl methyl sites for hydroxylation is 2. The lowest BCUT2D eigenvalue weighted by atomic mass is 9.94. The minimum atomic E-state index is 0.715. The van der Waals surface area contributed by atoms with Crippen LogP contribution < -0.4 is 5.32 Å². The summed E-state index contributed by atoms with van der Waals surface area (Å²) in [6.07, 6.45) is 3.64. The normalized spacial score (nSPS) is 21.3. The lowest BCUT2D eigenvalue weighted by Crippen LogP contribution is -2.31. The lowest BCUT2D eigenvalue weighted by Gasteiger charge is -2.23. The van der Waals surface area contributed by atoms with Crippen LogP contribution in [0.5, 0.6) is 0 Å². The Kier molecular flexibility index (Phi) is 3.87. The van der Waals surface area contributed by atoms with Crippen LogP contribution in [0, 0.1) is 12.8 Å². The molecule has 1 unspecified atom stereocenters. The van der Waals surface area contributed by atoms with Gasteiger partial charge in [0.2, 0.25) is 0 Å². The van der Waals surface area contributed by atoms with Crippen LogP contribution in [-0.2, 0) is 13.0 Å². The second kappa shape index (κ2) is 5.19. The van der Waals surface area contributed by atoms with E-state index in [1.807, 2.05) is 11.6 Å². The summed E-state index contributed by atoms with van der Waals surface area (Å²) < 4.78 is 2.05. The molecule has 1 aromatic rings. The molecule has 1 atom stereocenters. The molecule has 16 heavy (non-hydrogen) atoms. The topological polar surface area (TPSA) is 29.9 Å². The highest BCUT2D eigenvalue weighted by Crippen LogP contribution is 2.25. The first-order valence-corrected chi connectivity index (χ1v) is 6.52. The van der Waals surface area contributed by atoms with Crippen LogP contribution in [0.1, 0.15) is 31.2 Å². The van der Waals surface area contributed by atoms with E-state index in [1.165, 1.54) is 18.5 Å². The summed E-state index contributed by atoms with van der Waals surface area (Å²) in [6, 6.07) is 0. The summed E-state index contributed by atoms with van der Waals surface area (Å²) >= 11 is 6.31. The molecule has 0 amide bonds. The molecular formula is C12H20ClN3. The van der Waals surface area contributed by atoms with Crippen molar-refractivity contribution < 1.29 is 0 Å². The maximum Gasteiger partial charge on any atom is 0.0847 e. The molecular weight excluding hydrogens is 222 g/mol. The van der Waals surface area contributed by atoms with Crippen LogP contribution in [0.15, 0.2) is 0 Å². The van der Waals surface area contributed by atoms with Gasteiger partial charge in [-0.25, -0.2) is 0 Å². The first kappa shape index (κ1) is 11.9. The molecule has 3 nitrogen and oxygen atoms in total. The van der Waals surface area contributed by atoms with E-state index in [0.29, 0.717) is 5.92 Å². The molecule has 1 N–H and O–H groups in total. The van der Waals surface area contributed by atoms with E-state index in [1.54, 1.807) is 0 Å². The van der Waals surface area contributed by atoms with Gasteiger partial charge in [-0.3, -0.25) is 4.68 Å². The maximum absolute atomic E-state index is 6.31. The number of hydrogen-bond donors (Lipinski definition) is 1. The average molecular weight is 242 g/mol. The van der Waals surface area contributed by atoms with E-state index in [4.69, 9.17) is 11.6 Å². The minimum absolute atomic E-state index is 0.715. The van der Waals surface area contributed by atoms with Gasteiger partial charge in [0, 0.05) is 6.54 Å². The van der Waals surface area contributed by atoms with Gasteiger partial charge in [-0.05, 0) is 52.1 Å². The average Bonchev–Trinajstić information content (AvgIpc) is 2.58. The van der Waals surface area contributed by atoms with Gasteiger partial charge in [-0.15, -0.1) is 0 Å². The molecule has 1 fully saturated rings. The smallest absolute Gasteiger partial charge is 0.0847 e. The highest BCUT2D eigenvalue weighted by molar-refractivity contribution is 6.31. The Hall–Kier alpha value is -0.540. The Bertz CT molecular complexity index is 353. The number of rotatable bonds is 3. The number of hydrogen-bond acceptors (Lipinski definition) is 2. The van der Waals surface area contributed by atoms with Gasteiger partial charge < -0.3 is 5.32 Å². The molecule has 0 aliphatic carbocycles. The third-order valence-electron chi connectivity index (χ3n) is 3.33. The minimum Gasteiger partial charge on any atom is -0.316 e. The van der Waals surface area contributed by atoms with E-state index in [-0.39, 0.29) is 0 Å². The van der Waals surface area contributed by atoms with E-state index < -0.39 is 0 Å². The number of halogens is 1. The van der Waals surface area contributed by atoms with Gasteiger partial charge >= 0.3 is 0 Å². The van der Waals surface area contributed by atoms with Gasteiger partial charge in [0.05, 0.1) is 16.4 Å². The molecule has 0 radical (unpaired) electrons. The summed E-state index contributed by atoms with van der Waals surface area (Å²) in [4.78, 5) is 0. The van der Waals surface area contributed by atoms with E-state index in [0.717, 1.165) is 36.8 Å². The molecule has 0 spiro atoms. The number of nitrogens with one attached hydrogen (secondary N) is 1. The van der Waals surface area contributed by atoms with Crippen LogP contribution >= 0.6 is 11.6 Å². The summed E-state index contributed by atoms with van der Waals surface area (Å²) in [6.45, 7) is 7.28. The van der Waals surface area contributed by atoms with Crippen LogP contribution in [0.25, 0.3) is 0 Å². The molecule has 1 aliphatic heterocycles. The largest absolute Gasteiger partial charge is 0.316 e. The second-order valence-electron chi connectivity index (χ2n) is 4.58. The SMILES string of the molecule is CCn1nc(C)c(Cl)c1CC1CCCNC1. The van der Waals surface area contributed by atoms with Gasteiger partial charge in [-0.1, -0.05) is 11.6 Å². The molecule has 90 valence electrons. The van der Waals surface area contributed by atoms with Crippen molar-refractivity contribution >= 4 is 11.6 Å². The second-order valence-corrected chi connectivity index (χ2v) is 4.96. The van der Waals surface area contributed by atoms with Gasteiger partial charge in [0.1, 0.15) is 0 Å². The Morgan fingerprint density at radius 2 is 2.38 bits per heavy atom. The lowest BCUT2D eigenvalue weighted by molar-refractivity contribution is 0.367. The van der Waals surface area contributed by atoms with Crippen LogP contribution in [0.2, 0.25) is 5.02 Å². The van der Waals surface area contributed by atoms with Gasteiger partial charge in [-0.2, -0.15) is 5.10 Å². The summed E-state index contributed by atoms with van der Waals surface area (Å²) in [5, 5.41) is 8.77. The molecule has 0 saturated carbocycles. The highest BCUT2D eigenvalue weighted by atomic mass is 35.5. The van der Waals surface area contributed by atoms with E-state index >= 15 is 0 Å². The van der Waals surface area contributed by atoms with Crippen molar-refractivity contribution in [1.82, 2.24) is 15.1 Å². The molecule has 2 heterocycles. The maximum atomic E-state index is 6.31. The molecule has 1 saturated heterocycles. The monoisotopic (exact) mass is 241 g/mol. The predicted molar refractivity (Wildman–Crippen MR) is 66.9 cm³/mol. The van der Waals surface area contributed by atoms with Crippen molar-refractivity contribution in [3.05, 3.63) is 16.4 Å². The number of nitrogens with zero attached hydrogens (tertiary/aromatic N) is 2. The van der Waals surface area contributed by atoms with E-state index in [9.17, 15) is 0 Å². The van der Waals surface area contributed by atoms with Crippen LogP contribution in [0.3, 0.4) is 0 Å². The summed E-state index contributed by atoms with van der Waals surface area (Å²) in [5.41, 5.74) is 2.18. The first-order chi connectivity index (χ1) is 7.72. The standard InChI is InChI=1S/C12H20ClN3/c1-3-16-11(12(13)9(2)15-16)7-10-5-4-6-14-8-10/h10,14H,3-8H2,1-2H3. The Labute approximate surface area is 102 Å². The van der Waals surface area contributed by atoms with Crippen molar-refractivity contribution in [3.63, 3.8) is 0 Å². The molecule has 1 aromatic heterocycles. The zero-order valence-corrected chi connectivity index (χ0v) is 10.8. The molecule has 2 rings (SSSR count). The predicted octanol–water partition coefficient (Wildman–Crippen LogP) is 2.41. The fourth-order valence-corrected chi connectivity index (χ4v) is 2.65. The first-order valence-electron chi connectivity index (χ1n) is 6.14. The zero-order valence-electron chi connectivity index (χ0n) is 10.1. The Morgan fingerprint density at radius 3 is 3.00 bits per heavy atom. The third kappa shape index (κ3) is 2.41. The fourth-order valence-electron chi connectivity index (χ4n) is 2.44.